The van der Waals surface area contributed by atoms with Gasteiger partial charge in [-0.3, -0.25) is 9.59 Å². The Morgan fingerprint density at radius 1 is 1.17 bits per heavy atom. The van der Waals surface area contributed by atoms with Crippen molar-refractivity contribution in [1.82, 2.24) is 10.2 Å². The second-order valence-corrected chi connectivity index (χ2v) is 6.33. The summed E-state index contributed by atoms with van der Waals surface area (Å²) >= 11 is 0. The first-order valence-corrected chi connectivity index (χ1v) is 8.50. The van der Waals surface area contributed by atoms with Crippen LogP contribution in [0.4, 0.5) is 0 Å². The van der Waals surface area contributed by atoms with Crippen molar-refractivity contribution in [3.63, 3.8) is 0 Å². The fraction of sp³-hybridized carbons (Fsp3) is 0.556. The van der Waals surface area contributed by atoms with Crippen molar-refractivity contribution in [2.24, 2.45) is 5.92 Å². The number of nitrogens with zero attached hydrogens (tertiary/aromatic N) is 1. The standard InChI is InChI=1S/C18H24N2O4/c1-13-4-2-3-5-15(13)17(22)19-12-16(21)20-8-6-14(7-9-20)18-23-10-11-24-18/h2-5,14,18H,6-12H2,1H3,(H,19,22). The van der Waals surface area contributed by atoms with Crippen LogP contribution in [0, 0.1) is 12.8 Å². The van der Waals surface area contributed by atoms with Gasteiger partial charge < -0.3 is 19.7 Å². The molecule has 2 fully saturated rings. The van der Waals surface area contributed by atoms with Crippen LogP contribution < -0.4 is 5.32 Å². The van der Waals surface area contributed by atoms with Crippen molar-refractivity contribution >= 4 is 11.8 Å². The van der Waals surface area contributed by atoms with E-state index < -0.39 is 0 Å². The van der Waals surface area contributed by atoms with Crippen molar-refractivity contribution in [3.8, 4) is 0 Å². The van der Waals surface area contributed by atoms with E-state index in [1.54, 1.807) is 6.07 Å². The topological polar surface area (TPSA) is 67.9 Å². The van der Waals surface area contributed by atoms with Gasteiger partial charge in [-0.25, -0.2) is 0 Å². The first-order valence-electron chi connectivity index (χ1n) is 8.50. The molecule has 2 amide bonds. The summed E-state index contributed by atoms with van der Waals surface area (Å²) in [5.74, 6) is 0.117. The van der Waals surface area contributed by atoms with Gasteiger partial charge in [-0.2, -0.15) is 0 Å². The lowest BCUT2D eigenvalue weighted by Crippen LogP contribution is -2.45. The number of likely N-dealkylation sites (tertiary alicyclic amines) is 1. The van der Waals surface area contributed by atoms with E-state index in [2.05, 4.69) is 5.32 Å². The van der Waals surface area contributed by atoms with Crippen molar-refractivity contribution < 1.29 is 19.1 Å². The predicted molar refractivity (Wildman–Crippen MR) is 88.5 cm³/mol. The molecule has 1 aromatic rings. The van der Waals surface area contributed by atoms with Crippen molar-refractivity contribution in [3.05, 3.63) is 35.4 Å². The third-order valence-corrected chi connectivity index (χ3v) is 4.71. The summed E-state index contributed by atoms with van der Waals surface area (Å²) in [6, 6.07) is 7.36. The van der Waals surface area contributed by atoms with Crippen LogP contribution in [0.25, 0.3) is 0 Å². The highest BCUT2D eigenvalue weighted by Crippen LogP contribution is 2.25. The van der Waals surface area contributed by atoms with Gasteiger partial charge in [-0.15, -0.1) is 0 Å². The monoisotopic (exact) mass is 332 g/mol. The summed E-state index contributed by atoms with van der Waals surface area (Å²) in [6.07, 6.45) is 1.65. The molecule has 0 saturated carbocycles. The second-order valence-electron chi connectivity index (χ2n) is 6.33. The van der Waals surface area contributed by atoms with Crippen molar-refractivity contribution in [2.45, 2.75) is 26.1 Å². The lowest BCUT2D eigenvalue weighted by Gasteiger charge is -2.33. The van der Waals surface area contributed by atoms with E-state index in [0.29, 0.717) is 37.8 Å². The molecule has 2 saturated heterocycles. The molecule has 6 nitrogen and oxygen atoms in total. The Balaban J connectivity index is 1.44. The predicted octanol–water partition coefficient (Wildman–Crippen LogP) is 1.34. The van der Waals surface area contributed by atoms with E-state index in [1.807, 2.05) is 30.0 Å². The zero-order valence-corrected chi connectivity index (χ0v) is 14.0. The Hall–Kier alpha value is -1.92. The average Bonchev–Trinajstić information content (AvgIpc) is 3.14. The quantitative estimate of drug-likeness (QED) is 0.903. The highest BCUT2D eigenvalue weighted by Gasteiger charge is 2.31. The van der Waals surface area contributed by atoms with E-state index in [4.69, 9.17) is 9.47 Å². The summed E-state index contributed by atoms with van der Waals surface area (Å²) in [7, 11) is 0. The molecule has 2 heterocycles. The Kier molecular flexibility index (Phi) is 5.48. The molecule has 3 rings (SSSR count). The Bertz CT molecular complexity index is 590. The van der Waals surface area contributed by atoms with E-state index >= 15 is 0 Å². The van der Waals surface area contributed by atoms with Crippen LogP contribution >= 0.6 is 0 Å². The molecule has 0 aliphatic carbocycles. The van der Waals surface area contributed by atoms with Crippen LogP contribution in [0.2, 0.25) is 0 Å². The minimum Gasteiger partial charge on any atom is -0.350 e. The molecule has 0 spiro atoms. The lowest BCUT2D eigenvalue weighted by molar-refractivity contribution is -0.135. The lowest BCUT2D eigenvalue weighted by atomic mass is 9.96. The number of carbonyl (C=O) groups excluding carboxylic acids is 2. The summed E-state index contributed by atoms with van der Waals surface area (Å²) in [5, 5.41) is 2.72. The number of ether oxygens (including phenoxy) is 2. The molecule has 2 aliphatic heterocycles. The molecular formula is C18H24N2O4. The minimum absolute atomic E-state index is 0.0360. The SMILES string of the molecule is Cc1ccccc1C(=O)NCC(=O)N1CCC(C2OCCO2)CC1. The fourth-order valence-corrected chi connectivity index (χ4v) is 3.26. The normalized spacial score (nSPS) is 19.5. The minimum atomic E-state index is -0.205. The first-order chi connectivity index (χ1) is 11.6. The van der Waals surface area contributed by atoms with Crippen LogP contribution in [-0.4, -0.2) is 55.9 Å². The average molecular weight is 332 g/mol. The number of nitrogens with one attached hydrogen (secondary N) is 1. The number of aryl methyl sites for hydroxylation is 1. The van der Waals surface area contributed by atoms with Gasteiger partial charge in [0.25, 0.3) is 5.91 Å². The molecule has 0 aromatic heterocycles. The van der Waals surface area contributed by atoms with E-state index in [-0.39, 0.29) is 24.6 Å². The van der Waals surface area contributed by atoms with Crippen LogP contribution in [-0.2, 0) is 14.3 Å². The highest BCUT2D eigenvalue weighted by atomic mass is 16.7. The van der Waals surface area contributed by atoms with Crippen molar-refractivity contribution in [1.29, 1.82) is 0 Å². The van der Waals surface area contributed by atoms with Gasteiger partial charge in [0.1, 0.15) is 0 Å². The summed E-state index contributed by atoms with van der Waals surface area (Å²) in [5.41, 5.74) is 1.51. The van der Waals surface area contributed by atoms with E-state index in [0.717, 1.165) is 18.4 Å². The third-order valence-electron chi connectivity index (χ3n) is 4.71. The number of rotatable bonds is 4. The van der Waals surface area contributed by atoms with Crippen LogP contribution in [0.1, 0.15) is 28.8 Å². The number of benzene rings is 1. The largest absolute Gasteiger partial charge is 0.350 e. The smallest absolute Gasteiger partial charge is 0.251 e. The maximum Gasteiger partial charge on any atom is 0.251 e. The van der Waals surface area contributed by atoms with Crippen LogP contribution in [0.15, 0.2) is 24.3 Å². The molecule has 0 radical (unpaired) electrons. The molecule has 0 atom stereocenters. The number of carbonyl (C=O) groups is 2. The number of amides is 2. The molecule has 6 heteroatoms. The second kappa shape index (κ2) is 7.77. The molecule has 0 unspecified atom stereocenters. The molecule has 1 N–H and O–H groups in total. The summed E-state index contributed by atoms with van der Waals surface area (Å²) < 4.78 is 11.1. The van der Waals surface area contributed by atoms with Gasteiger partial charge in [0, 0.05) is 24.6 Å². The molecule has 1 aromatic carbocycles. The van der Waals surface area contributed by atoms with Crippen LogP contribution in [0.5, 0.6) is 0 Å². The van der Waals surface area contributed by atoms with Gasteiger partial charge >= 0.3 is 0 Å². The Morgan fingerprint density at radius 3 is 2.50 bits per heavy atom. The summed E-state index contributed by atoms with van der Waals surface area (Å²) in [6.45, 7) is 4.62. The number of hydrogen-bond acceptors (Lipinski definition) is 4. The van der Waals surface area contributed by atoms with E-state index in [1.165, 1.54) is 0 Å². The first kappa shape index (κ1) is 16.9. The molecule has 2 aliphatic rings. The zero-order chi connectivity index (χ0) is 16.9. The van der Waals surface area contributed by atoms with Gasteiger partial charge in [0.05, 0.1) is 19.8 Å². The maximum atomic E-state index is 12.3. The maximum absolute atomic E-state index is 12.3. The highest BCUT2D eigenvalue weighted by molar-refractivity contribution is 5.97. The molecule has 130 valence electrons. The van der Waals surface area contributed by atoms with Gasteiger partial charge in [0.15, 0.2) is 6.29 Å². The van der Waals surface area contributed by atoms with Gasteiger partial charge in [0.2, 0.25) is 5.91 Å². The van der Waals surface area contributed by atoms with Gasteiger partial charge in [-0.1, -0.05) is 18.2 Å². The van der Waals surface area contributed by atoms with E-state index in [9.17, 15) is 9.59 Å². The number of hydrogen-bond donors (Lipinski definition) is 1. The summed E-state index contributed by atoms with van der Waals surface area (Å²) in [4.78, 5) is 26.3. The third kappa shape index (κ3) is 3.94. The zero-order valence-electron chi connectivity index (χ0n) is 14.0. The molecular weight excluding hydrogens is 308 g/mol. The van der Waals surface area contributed by atoms with Crippen molar-refractivity contribution in [2.75, 3.05) is 32.8 Å². The van der Waals surface area contributed by atoms with Crippen LogP contribution in [0.3, 0.4) is 0 Å². The Morgan fingerprint density at radius 2 is 1.83 bits per heavy atom. The Labute approximate surface area is 142 Å². The molecule has 24 heavy (non-hydrogen) atoms. The number of piperidine rings is 1. The fourth-order valence-electron chi connectivity index (χ4n) is 3.26. The molecule has 0 bridgehead atoms. The van der Waals surface area contributed by atoms with Gasteiger partial charge in [-0.05, 0) is 31.4 Å².